The molecule has 2 rings (SSSR count). The van der Waals surface area contributed by atoms with E-state index in [-0.39, 0.29) is 6.10 Å². The molecule has 2 aliphatic rings. The van der Waals surface area contributed by atoms with Gasteiger partial charge in [0.15, 0.2) is 0 Å². The van der Waals surface area contributed by atoms with Gasteiger partial charge in [-0.25, -0.2) is 0 Å². The summed E-state index contributed by atoms with van der Waals surface area (Å²) in [7, 11) is 0. The van der Waals surface area contributed by atoms with Crippen molar-refractivity contribution < 1.29 is 5.11 Å². The summed E-state index contributed by atoms with van der Waals surface area (Å²) in [6.45, 7) is 5.49. The summed E-state index contributed by atoms with van der Waals surface area (Å²) in [6.07, 6.45) is 3.32. The van der Waals surface area contributed by atoms with E-state index < -0.39 is 0 Å². The number of rotatable bonds is 3. The van der Waals surface area contributed by atoms with Crippen molar-refractivity contribution in [1.29, 1.82) is 0 Å². The minimum absolute atomic E-state index is 0.0689. The fourth-order valence-electron chi connectivity index (χ4n) is 2.58. The second-order valence-electron chi connectivity index (χ2n) is 4.21. The molecule has 1 saturated carbocycles. The van der Waals surface area contributed by atoms with Crippen LogP contribution in [0.2, 0.25) is 0 Å². The molecule has 3 heteroatoms. The van der Waals surface area contributed by atoms with E-state index in [2.05, 4.69) is 17.1 Å². The van der Waals surface area contributed by atoms with Crippen LogP contribution in [0, 0.1) is 0 Å². The van der Waals surface area contributed by atoms with E-state index in [9.17, 15) is 5.11 Å². The van der Waals surface area contributed by atoms with Crippen molar-refractivity contribution in [2.24, 2.45) is 0 Å². The topological polar surface area (TPSA) is 35.5 Å². The van der Waals surface area contributed by atoms with Gasteiger partial charge in [-0.05, 0) is 25.8 Å². The van der Waals surface area contributed by atoms with Crippen molar-refractivity contribution >= 4 is 0 Å². The molecule has 1 aliphatic heterocycles. The zero-order valence-corrected chi connectivity index (χ0v) is 8.37. The molecule has 0 spiro atoms. The third-order valence-electron chi connectivity index (χ3n) is 3.46. The van der Waals surface area contributed by atoms with Crippen LogP contribution in [0.4, 0.5) is 0 Å². The second kappa shape index (κ2) is 3.95. The molecule has 0 radical (unpaired) electrons. The summed E-state index contributed by atoms with van der Waals surface area (Å²) < 4.78 is 0. The molecule has 2 atom stereocenters. The molecule has 1 saturated heterocycles. The lowest BCUT2D eigenvalue weighted by atomic mass is 10.1. The molecule has 2 fully saturated rings. The summed E-state index contributed by atoms with van der Waals surface area (Å²) in [6, 6.07) is 1.12. The van der Waals surface area contributed by atoms with E-state index in [4.69, 9.17) is 0 Å². The lowest BCUT2D eigenvalue weighted by Gasteiger charge is -2.42. The number of likely N-dealkylation sites (N-methyl/N-ethyl adjacent to an activating group) is 1. The number of hydrogen-bond acceptors (Lipinski definition) is 3. The molecule has 0 aromatic carbocycles. The summed E-state index contributed by atoms with van der Waals surface area (Å²) in [4.78, 5) is 2.48. The Hall–Kier alpha value is -0.120. The van der Waals surface area contributed by atoms with Crippen LogP contribution in [-0.4, -0.2) is 47.8 Å². The van der Waals surface area contributed by atoms with Crippen molar-refractivity contribution in [3.63, 3.8) is 0 Å². The maximum absolute atomic E-state index is 9.80. The first kappa shape index (κ1) is 9.44. The maximum Gasteiger partial charge on any atom is 0.0695 e. The molecule has 0 amide bonds. The van der Waals surface area contributed by atoms with Crippen molar-refractivity contribution in [3.8, 4) is 0 Å². The van der Waals surface area contributed by atoms with Crippen LogP contribution in [-0.2, 0) is 0 Å². The molecule has 2 unspecified atom stereocenters. The summed E-state index contributed by atoms with van der Waals surface area (Å²) >= 11 is 0. The first-order valence-corrected chi connectivity index (χ1v) is 5.47. The van der Waals surface area contributed by atoms with E-state index in [1.165, 1.54) is 12.8 Å². The SMILES string of the molecule is CCN(C1CNC1)C1CCCC1O. The van der Waals surface area contributed by atoms with Gasteiger partial charge in [0.1, 0.15) is 0 Å². The minimum atomic E-state index is -0.0689. The molecule has 0 aromatic heterocycles. The fraction of sp³-hybridized carbons (Fsp3) is 1.00. The van der Waals surface area contributed by atoms with Crippen LogP contribution < -0.4 is 5.32 Å². The van der Waals surface area contributed by atoms with Crippen molar-refractivity contribution in [3.05, 3.63) is 0 Å². The predicted octanol–water partition coefficient (Wildman–Crippen LogP) is 0.193. The molecule has 76 valence electrons. The van der Waals surface area contributed by atoms with Gasteiger partial charge in [-0.1, -0.05) is 6.92 Å². The molecular formula is C10H20N2O. The van der Waals surface area contributed by atoms with Gasteiger partial charge in [-0.15, -0.1) is 0 Å². The van der Waals surface area contributed by atoms with Crippen LogP contribution in [0.1, 0.15) is 26.2 Å². The molecule has 13 heavy (non-hydrogen) atoms. The Labute approximate surface area is 80.1 Å². The normalized spacial score (nSPS) is 35.3. The predicted molar refractivity (Wildman–Crippen MR) is 52.7 cm³/mol. The number of hydrogen-bond donors (Lipinski definition) is 2. The maximum atomic E-state index is 9.80. The van der Waals surface area contributed by atoms with E-state index in [0.29, 0.717) is 12.1 Å². The van der Waals surface area contributed by atoms with Gasteiger partial charge in [0.05, 0.1) is 6.10 Å². The van der Waals surface area contributed by atoms with Crippen LogP contribution in [0.3, 0.4) is 0 Å². The number of aliphatic hydroxyl groups excluding tert-OH is 1. The zero-order chi connectivity index (χ0) is 9.26. The van der Waals surface area contributed by atoms with E-state index in [1.807, 2.05) is 0 Å². The van der Waals surface area contributed by atoms with Gasteiger partial charge in [-0.2, -0.15) is 0 Å². The van der Waals surface area contributed by atoms with Crippen LogP contribution in [0.5, 0.6) is 0 Å². The smallest absolute Gasteiger partial charge is 0.0695 e. The standard InChI is InChI=1S/C10H20N2O/c1-2-12(8-6-11-7-8)9-4-3-5-10(9)13/h8-11,13H,2-7H2,1H3. The summed E-state index contributed by atoms with van der Waals surface area (Å²) in [5.74, 6) is 0. The Morgan fingerprint density at radius 1 is 1.38 bits per heavy atom. The highest BCUT2D eigenvalue weighted by atomic mass is 16.3. The minimum Gasteiger partial charge on any atom is -0.391 e. The summed E-state index contributed by atoms with van der Waals surface area (Å²) in [5.41, 5.74) is 0. The Morgan fingerprint density at radius 2 is 2.15 bits per heavy atom. The Kier molecular flexibility index (Phi) is 2.86. The van der Waals surface area contributed by atoms with Crippen molar-refractivity contribution in [2.75, 3.05) is 19.6 Å². The highest BCUT2D eigenvalue weighted by molar-refractivity contribution is 4.93. The van der Waals surface area contributed by atoms with Crippen LogP contribution in [0.15, 0.2) is 0 Å². The third kappa shape index (κ3) is 1.73. The molecule has 0 aromatic rings. The largest absolute Gasteiger partial charge is 0.391 e. The lowest BCUT2D eigenvalue weighted by molar-refractivity contribution is 0.0300. The van der Waals surface area contributed by atoms with Gasteiger partial charge in [0, 0.05) is 25.2 Å². The average Bonchev–Trinajstić information content (AvgIpc) is 2.43. The van der Waals surface area contributed by atoms with Gasteiger partial charge < -0.3 is 10.4 Å². The highest BCUT2D eigenvalue weighted by Gasteiger charge is 2.35. The molecule has 1 heterocycles. The van der Waals surface area contributed by atoms with E-state index in [0.717, 1.165) is 26.1 Å². The van der Waals surface area contributed by atoms with Gasteiger partial charge in [0.25, 0.3) is 0 Å². The molecule has 2 N–H and O–H groups in total. The summed E-state index contributed by atoms with van der Waals surface area (Å²) in [5, 5.41) is 13.1. The van der Waals surface area contributed by atoms with E-state index >= 15 is 0 Å². The Bertz CT molecular complexity index is 170. The van der Waals surface area contributed by atoms with Crippen LogP contribution >= 0.6 is 0 Å². The monoisotopic (exact) mass is 184 g/mol. The Balaban J connectivity index is 1.94. The Morgan fingerprint density at radius 3 is 2.54 bits per heavy atom. The van der Waals surface area contributed by atoms with Gasteiger partial charge in [-0.3, -0.25) is 4.90 Å². The molecule has 3 nitrogen and oxygen atoms in total. The van der Waals surface area contributed by atoms with Gasteiger partial charge >= 0.3 is 0 Å². The first-order chi connectivity index (χ1) is 6.33. The number of aliphatic hydroxyl groups is 1. The third-order valence-corrected chi connectivity index (χ3v) is 3.46. The lowest BCUT2D eigenvalue weighted by Crippen LogP contribution is -2.61. The van der Waals surface area contributed by atoms with Crippen molar-refractivity contribution in [1.82, 2.24) is 10.2 Å². The van der Waals surface area contributed by atoms with E-state index in [1.54, 1.807) is 0 Å². The van der Waals surface area contributed by atoms with Crippen LogP contribution in [0.25, 0.3) is 0 Å². The average molecular weight is 184 g/mol. The van der Waals surface area contributed by atoms with Crippen molar-refractivity contribution in [2.45, 2.75) is 44.4 Å². The van der Waals surface area contributed by atoms with Gasteiger partial charge in [0.2, 0.25) is 0 Å². The molecule has 0 bridgehead atoms. The first-order valence-electron chi connectivity index (χ1n) is 5.47. The number of nitrogens with zero attached hydrogens (tertiary/aromatic N) is 1. The molecular weight excluding hydrogens is 164 g/mol. The molecule has 1 aliphatic carbocycles. The number of nitrogens with one attached hydrogen (secondary N) is 1. The quantitative estimate of drug-likeness (QED) is 0.657. The second-order valence-corrected chi connectivity index (χ2v) is 4.21. The highest BCUT2D eigenvalue weighted by Crippen LogP contribution is 2.26. The zero-order valence-electron chi connectivity index (χ0n) is 8.37. The fourth-order valence-corrected chi connectivity index (χ4v) is 2.58.